The van der Waals surface area contributed by atoms with Crippen molar-refractivity contribution in [2.75, 3.05) is 11.9 Å². The molecule has 0 amide bonds. The topological polar surface area (TPSA) is 52.8 Å². The lowest BCUT2D eigenvalue weighted by molar-refractivity contribution is 0.762. The minimum Gasteiger partial charge on any atom is -0.355 e. The number of benzene rings is 1. The molecule has 0 aliphatic rings. The first-order chi connectivity index (χ1) is 9.99. The van der Waals surface area contributed by atoms with Gasteiger partial charge in [-0.15, -0.1) is 0 Å². The van der Waals surface area contributed by atoms with Gasteiger partial charge in [-0.3, -0.25) is 0 Å². The van der Waals surface area contributed by atoms with E-state index in [-0.39, 0.29) is 5.92 Å². The Hall–Kier alpha value is -2.12. The van der Waals surface area contributed by atoms with Crippen LogP contribution < -0.4 is 4.90 Å². The van der Waals surface area contributed by atoms with E-state index < -0.39 is 0 Å². The molecule has 0 unspecified atom stereocenters. The molecule has 1 aromatic heterocycles. The lowest BCUT2D eigenvalue weighted by atomic mass is 10.1. The predicted molar refractivity (Wildman–Crippen MR) is 84.4 cm³/mol. The molecule has 0 spiro atoms. The minimum atomic E-state index is 0.220. The van der Waals surface area contributed by atoms with Crippen LogP contribution in [0.1, 0.15) is 36.7 Å². The van der Waals surface area contributed by atoms with Crippen molar-refractivity contribution >= 4 is 17.4 Å². The smallest absolute Gasteiger partial charge is 0.135 e. The van der Waals surface area contributed by atoms with Gasteiger partial charge in [0, 0.05) is 25.6 Å². The third-order valence-corrected chi connectivity index (χ3v) is 3.28. The van der Waals surface area contributed by atoms with Crippen LogP contribution in [0.25, 0.3) is 0 Å². The minimum absolute atomic E-state index is 0.220. The molecule has 0 bridgehead atoms. The highest BCUT2D eigenvalue weighted by molar-refractivity contribution is 6.29. The molecule has 0 saturated carbocycles. The van der Waals surface area contributed by atoms with Crippen LogP contribution >= 0.6 is 11.6 Å². The Morgan fingerprint density at radius 2 is 2.05 bits per heavy atom. The molecular formula is C16H17ClN4. The molecule has 5 heteroatoms. The molecule has 0 aliphatic carbocycles. The highest BCUT2D eigenvalue weighted by atomic mass is 35.5. The zero-order valence-electron chi connectivity index (χ0n) is 12.3. The first kappa shape index (κ1) is 15.3. The largest absolute Gasteiger partial charge is 0.355 e. The second-order valence-electron chi connectivity index (χ2n) is 5.23. The number of halogens is 1. The molecule has 1 heterocycles. The van der Waals surface area contributed by atoms with Gasteiger partial charge in [-0.2, -0.15) is 5.26 Å². The Bertz CT molecular complexity index is 676. The normalized spacial score (nSPS) is 10.5. The van der Waals surface area contributed by atoms with Crippen molar-refractivity contribution in [1.82, 2.24) is 9.97 Å². The first-order valence-corrected chi connectivity index (χ1v) is 7.12. The van der Waals surface area contributed by atoms with Crippen LogP contribution in [-0.4, -0.2) is 17.0 Å². The number of nitrogens with zero attached hydrogens (tertiary/aromatic N) is 4. The Morgan fingerprint density at radius 3 is 2.71 bits per heavy atom. The summed E-state index contributed by atoms with van der Waals surface area (Å²) in [6, 6.07) is 11.4. The van der Waals surface area contributed by atoms with E-state index in [2.05, 4.69) is 16.0 Å². The predicted octanol–water partition coefficient (Wildman–Crippen LogP) is 3.76. The van der Waals surface area contributed by atoms with E-state index in [4.69, 9.17) is 16.9 Å². The van der Waals surface area contributed by atoms with E-state index >= 15 is 0 Å². The van der Waals surface area contributed by atoms with Crippen molar-refractivity contribution in [3.05, 3.63) is 52.4 Å². The number of aromatic nitrogens is 2. The summed E-state index contributed by atoms with van der Waals surface area (Å²) in [7, 11) is 1.95. The van der Waals surface area contributed by atoms with Crippen LogP contribution in [-0.2, 0) is 6.54 Å². The number of hydrogen-bond acceptors (Lipinski definition) is 4. The van der Waals surface area contributed by atoms with Crippen molar-refractivity contribution in [2.24, 2.45) is 0 Å². The quantitative estimate of drug-likeness (QED) is 0.807. The van der Waals surface area contributed by atoms with Gasteiger partial charge in [0.2, 0.25) is 0 Å². The molecule has 0 fully saturated rings. The Morgan fingerprint density at radius 1 is 1.29 bits per heavy atom. The number of hydrogen-bond donors (Lipinski definition) is 0. The summed E-state index contributed by atoms with van der Waals surface area (Å²) in [6.45, 7) is 4.72. The summed E-state index contributed by atoms with van der Waals surface area (Å²) in [6.07, 6.45) is 0. The van der Waals surface area contributed by atoms with Crippen LogP contribution in [0, 0.1) is 11.3 Å². The molecule has 21 heavy (non-hydrogen) atoms. The summed E-state index contributed by atoms with van der Waals surface area (Å²) in [5.74, 6) is 1.73. The average molecular weight is 301 g/mol. The molecule has 4 nitrogen and oxygen atoms in total. The summed E-state index contributed by atoms with van der Waals surface area (Å²) in [5.41, 5.74) is 1.71. The molecule has 0 radical (unpaired) electrons. The summed E-state index contributed by atoms with van der Waals surface area (Å²) >= 11 is 6.07. The second-order valence-corrected chi connectivity index (χ2v) is 5.62. The molecule has 0 N–H and O–H groups in total. The molecule has 0 aliphatic heterocycles. The van der Waals surface area contributed by atoms with E-state index in [0.717, 1.165) is 17.2 Å². The van der Waals surface area contributed by atoms with Crippen molar-refractivity contribution in [1.29, 1.82) is 5.26 Å². The molecule has 2 aromatic rings. The molecule has 0 saturated heterocycles. The van der Waals surface area contributed by atoms with Gasteiger partial charge in [0.15, 0.2) is 0 Å². The maximum Gasteiger partial charge on any atom is 0.135 e. The van der Waals surface area contributed by atoms with Gasteiger partial charge in [-0.25, -0.2) is 9.97 Å². The van der Waals surface area contributed by atoms with Crippen LogP contribution in [0.5, 0.6) is 0 Å². The van der Waals surface area contributed by atoms with Crippen molar-refractivity contribution in [3.63, 3.8) is 0 Å². The highest BCUT2D eigenvalue weighted by Gasteiger charge is 2.10. The fourth-order valence-electron chi connectivity index (χ4n) is 1.97. The van der Waals surface area contributed by atoms with Gasteiger partial charge >= 0.3 is 0 Å². The average Bonchev–Trinajstić information content (AvgIpc) is 2.46. The maximum absolute atomic E-state index is 8.95. The number of nitriles is 1. The molecule has 0 atom stereocenters. The monoisotopic (exact) mass is 300 g/mol. The zero-order chi connectivity index (χ0) is 15.4. The van der Waals surface area contributed by atoms with E-state index in [1.54, 1.807) is 12.1 Å². The lowest BCUT2D eigenvalue weighted by Gasteiger charge is -2.19. The first-order valence-electron chi connectivity index (χ1n) is 6.74. The Kier molecular flexibility index (Phi) is 4.77. The van der Waals surface area contributed by atoms with Gasteiger partial charge in [-0.1, -0.05) is 37.6 Å². The lowest BCUT2D eigenvalue weighted by Crippen LogP contribution is -2.19. The highest BCUT2D eigenvalue weighted by Crippen LogP contribution is 2.20. The Balaban J connectivity index is 2.23. The SMILES string of the molecule is CC(C)c1nc(Cl)cc(N(C)Cc2cccc(C#N)c2)n1. The molecular weight excluding hydrogens is 284 g/mol. The molecule has 1 aromatic carbocycles. The van der Waals surface area contributed by atoms with Gasteiger partial charge in [0.25, 0.3) is 0 Å². The summed E-state index contributed by atoms with van der Waals surface area (Å²) in [5, 5.41) is 9.39. The van der Waals surface area contributed by atoms with E-state index in [0.29, 0.717) is 17.3 Å². The summed E-state index contributed by atoms with van der Waals surface area (Å²) < 4.78 is 0. The number of rotatable bonds is 4. The van der Waals surface area contributed by atoms with Crippen molar-refractivity contribution in [2.45, 2.75) is 26.3 Å². The van der Waals surface area contributed by atoms with Gasteiger partial charge < -0.3 is 4.90 Å². The zero-order valence-corrected chi connectivity index (χ0v) is 13.1. The standard InChI is InChI=1S/C16H17ClN4/c1-11(2)16-19-14(17)8-15(20-16)21(3)10-13-6-4-5-12(7-13)9-18/h4-8,11H,10H2,1-3H3. The van der Waals surface area contributed by atoms with E-state index in [9.17, 15) is 0 Å². The van der Waals surface area contributed by atoms with Crippen molar-refractivity contribution in [3.8, 4) is 6.07 Å². The third kappa shape index (κ3) is 3.93. The van der Waals surface area contributed by atoms with E-state index in [1.165, 1.54) is 0 Å². The Labute approximate surface area is 130 Å². The second kappa shape index (κ2) is 6.55. The van der Waals surface area contributed by atoms with Crippen molar-refractivity contribution < 1.29 is 0 Å². The number of anilines is 1. The van der Waals surface area contributed by atoms with Gasteiger partial charge in [-0.05, 0) is 17.7 Å². The summed E-state index contributed by atoms with van der Waals surface area (Å²) in [4.78, 5) is 10.8. The van der Waals surface area contributed by atoms with Crippen LogP contribution in [0.15, 0.2) is 30.3 Å². The van der Waals surface area contributed by atoms with Gasteiger partial charge in [0.1, 0.15) is 16.8 Å². The maximum atomic E-state index is 8.95. The van der Waals surface area contributed by atoms with Crippen LogP contribution in [0.2, 0.25) is 5.15 Å². The third-order valence-electron chi connectivity index (χ3n) is 3.08. The molecule has 108 valence electrons. The van der Waals surface area contributed by atoms with Crippen LogP contribution in [0.4, 0.5) is 5.82 Å². The molecule has 2 rings (SSSR count). The van der Waals surface area contributed by atoms with Gasteiger partial charge in [0.05, 0.1) is 11.6 Å². The fraction of sp³-hybridized carbons (Fsp3) is 0.312. The fourth-order valence-corrected chi connectivity index (χ4v) is 2.15. The van der Waals surface area contributed by atoms with Crippen LogP contribution in [0.3, 0.4) is 0 Å². The van der Waals surface area contributed by atoms with E-state index in [1.807, 2.05) is 44.0 Å².